The Labute approximate surface area is 158 Å². The first-order valence-corrected chi connectivity index (χ1v) is 9.37. The van der Waals surface area contributed by atoms with Crippen LogP contribution in [0, 0.1) is 5.82 Å². The Kier molecular flexibility index (Phi) is 5.36. The van der Waals surface area contributed by atoms with E-state index < -0.39 is 0 Å². The van der Waals surface area contributed by atoms with Crippen LogP contribution in [-0.4, -0.2) is 42.7 Å². The Balaban J connectivity index is 1.26. The summed E-state index contributed by atoms with van der Waals surface area (Å²) < 4.78 is 19.2. The maximum atomic E-state index is 13.2. The molecule has 2 amide bonds. The van der Waals surface area contributed by atoms with Crippen LogP contribution >= 0.6 is 0 Å². The summed E-state index contributed by atoms with van der Waals surface area (Å²) in [5.41, 5.74) is 1.94. The minimum atomic E-state index is -0.296. The molecular weight excluding hydrogens is 345 g/mol. The zero-order chi connectivity index (χ0) is 18.6. The lowest BCUT2D eigenvalue weighted by Crippen LogP contribution is -2.44. The summed E-state index contributed by atoms with van der Waals surface area (Å²) in [6, 6.07) is 16.7. The molecule has 0 unspecified atom stereocenters. The second-order valence-electron chi connectivity index (χ2n) is 7.23. The van der Waals surface area contributed by atoms with Crippen LogP contribution < -0.4 is 10.6 Å². The summed E-state index contributed by atoms with van der Waals surface area (Å²) in [5, 5.41) is 5.84. The molecule has 0 bridgehead atoms. The van der Waals surface area contributed by atoms with E-state index in [4.69, 9.17) is 4.74 Å². The summed E-state index contributed by atoms with van der Waals surface area (Å²) in [6.07, 6.45) is 0.970. The second kappa shape index (κ2) is 8.06. The predicted octanol–water partition coefficient (Wildman–Crippen LogP) is 2.84. The van der Waals surface area contributed by atoms with E-state index in [9.17, 15) is 9.18 Å². The van der Waals surface area contributed by atoms with Gasteiger partial charge in [-0.3, -0.25) is 4.90 Å². The van der Waals surface area contributed by atoms with Gasteiger partial charge in [0.15, 0.2) is 0 Å². The van der Waals surface area contributed by atoms with Crippen molar-refractivity contribution in [1.29, 1.82) is 0 Å². The van der Waals surface area contributed by atoms with Crippen LogP contribution in [0.15, 0.2) is 54.6 Å². The third kappa shape index (κ3) is 4.46. The quantitative estimate of drug-likeness (QED) is 0.871. The number of carbonyl (C=O) groups excluding carboxylic acids is 1. The molecule has 2 fully saturated rings. The molecule has 4 rings (SSSR count). The summed E-state index contributed by atoms with van der Waals surface area (Å²) in [4.78, 5) is 14.6. The number of hydrogen-bond donors (Lipinski definition) is 2. The van der Waals surface area contributed by atoms with Gasteiger partial charge in [0.25, 0.3) is 0 Å². The fourth-order valence-corrected chi connectivity index (χ4v) is 3.91. The average molecular weight is 369 g/mol. The molecule has 3 atom stereocenters. The molecule has 2 heterocycles. The summed E-state index contributed by atoms with van der Waals surface area (Å²) in [7, 11) is 0. The normalized spacial score (nSPS) is 25.0. The van der Waals surface area contributed by atoms with Gasteiger partial charge in [-0.2, -0.15) is 0 Å². The van der Waals surface area contributed by atoms with Crippen LogP contribution in [0.4, 0.5) is 9.18 Å². The molecule has 0 aliphatic carbocycles. The minimum Gasteiger partial charge on any atom is -0.371 e. The molecule has 2 aliphatic rings. The number of nitrogens with one attached hydrogen (secondary N) is 2. The first-order chi connectivity index (χ1) is 13.2. The number of carbonyl (C=O) groups is 1. The van der Waals surface area contributed by atoms with Crippen molar-refractivity contribution in [3.63, 3.8) is 0 Å². The van der Waals surface area contributed by atoms with E-state index in [0.717, 1.165) is 25.1 Å². The summed E-state index contributed by atoms with van der Waals surface area (Å²) >= 11 is 0. The highest BCUT2D eigenvalue weighted by molar-refractivity contribution is 5.74. The molecule has 2 aromatic carbocycles. The third-order valence-corrected chi connectivity index (χ3v) is 5.27. The fraction of sp³-hybridized carbons (Fsp3) is 0.381. The van der Waals surface area contributed by atoms with Crippen LogP contribution in [0.3, 0.4) is 0 Å². The molecule has 2 saturated heterocycles. The maximum Gasteiger partial charge on any atom is 0.315 e. The lowest BCUT2D eigenvalue weighted by Gasteiger charge is -2.35. The average Bonchev–Trinajstić information content (AvgIpc) is 3.08. The smallest absolute Gasteiger partial charge is 0.315 e. The van der Waals surface area contributed by atoms with Gasteiger partial charge in [0.2, 0.25) is 0 Å². The second-order valence-corrected chi connectivity index (χ2v) is 7.23. The van der Waals surface area contributed by atoms with E-state index in [0.29, 0.717) is 19.2 Å². The van der Waals surface area contributed by atoms with Crippen LogP contribution in [0.1, 0.15) is 23.7 Å². The molecule has 2 N–H and O–H groups in total. The first-order valence-electron chi connectivity index (χ1n) is 9.37. The van der Waals surface area contributed by atoms with Crippen molar-refractivity contribution in [3.8, 4) is 0 Å². The molecule has 0 spiro atoms. The topological polar surface area (TPSA) is 53.6 Å². The Morgan fingerprint density at radius 3 is 2.81 bits per heavy atom. The number of hydrogen-bond acceptors (Lipinski definition) is 3. The first kappa shape index (κ1) is 17.9. The number of urea groups is 1. The number of fused-ring (bicyclic) bond motifs is 1. The Bertz CT molecular complexity index is 786. The fourth-order valence-electron chi connectivity index (χ4n) is 3.91. The monoisotopic (exact) mass is 369 g/mol. The van der Waals surface area contributed by atoms with Crippen molar-refractivity contribution in [2.45, 2.75) is 31.2 Å². The Morgan fingerprint density at radius 1 is 1.15 bits per heavy atom. The van der Waals surface area contributed by atoms with Crippen molar-refractivity contribution in [3.05, 3.63) is 71.5 Å². The van der Waals surface area contributed by atoms with Crippen molar-refractivity contribution in [2.75, 3.05) is 19.7 Å². The van der Waals surface area contributed by atoms with Crippen molar-refractivity contribution < 1.29 is 13.9 Å². The third-order valence-electron chi connectivity index (χ3n) is 5.27. The van der Waals surface area contributed by atoms with Gasteiger partial charge in [0, 0.05) is 31.7 Å². The van der Waals surface area contributed by atoms with E-state index in [1.54, 1.807) is 12.1 Å². The van der Waals surface area contributed by atoms with Gasteiger partial charge in [-0.25, -0.2) is 9.18 Å². The molecule has 2 aliphatic heterocycles. The molecule has 5 nitrogen and oxygen atoms in total. The zero-order valence-corrected chi connectivity index (χ0v) is 15.1. The zero-order valence-electron chi connectivity index (χ0n) is 15.1. The van der Waals surface area contributed by atoms with Gasteiger partial charge in [-0.15, -0.1) is 0 Å². The maximum absolute atomic E-state index is 13.2. The number of amides is 2. The number of ether oxygens (including phenoxy) is 1. The number of benzene rings is 2. The van der Waals surface area contributed by atoms with E-state index in [1.807, 2.05) is 18.2 Å². The molecule has 27 heavy (non-hydrogen) atoms. The molecule has 2 aromatic rings. The van der Waals surface area contributed by atoms with E-state index in [1.165, 1.54) is 17.7 Å². The van der Waals surface area contributed by atoms with E-state index in [-0.39, 0.29) is 24.0 Å². The largest absolute Gasteiger partial charge is 0.371 e. The molecule has 0 saturated carbocycles. The van der Waals surface area contributed by atoms with Crippen LogP contribution in [-0.2, 0) is 11.3 Å². The standard InChI is InChI=1S/C21H24FN3O2/c22-17-8-4-5-15(9-17)11-23-21(26)24-18-10-19-14-27-20(13-25(19)12-18)16-6-2-1-3-7-16/h1-9,18-20H,10-14H2,(H2,23,24,26)/t18-,19+,20-/m1/s1. The van der Waals surface area contributed by atoms with Crippen molar-refractivity contribution in [2.24, 2.45) is 0 Å². The number of nitrogens with zero attached hydrogens (tertiary/aromatic N) is 1. The molecule has 142 valence electrons. The SMILES string of the molecule is O=C(NCc1cccc(F)c1)N[C@@H]1C[C@H]2CO[C@@H](c3ccccc3)CN2C1. The summed E-state index contributed by atoms with van der Waals surface area (Å²) in [5.74, 6) is -0.296. The Hall–Kier alpha value is -2.44. The lowest BCUT2D eigenvalue weighted by atomic mass is 10.1. The molecule has 0 aromatic heterocycles. The number of halogens is 1. The van der Waals surface area contributed by atoms with Crippen molar-refractivity contribution >= 4 is 6.03 Å². The van der Waals surface area contributed by atoms with Crippen molar-refractivity contribution in [1.82, 2.24) is 15.5 Å². The van der Waals surface area contributed by atoms with E-state index >= 15 is 0 Å². The molecule has 0 radical (unpaired) electrons. The lowest BCUT2D eigenvalue weighted by molar-refractivity contribution is -0.0502. The predicted molar refractivity (Wildman–Crippen MR) is 101 cm³/mol. The highest BCUT2D eigenvalue weighted by Crippen LogP contribution is 2.30. The highest BCUT2D eigenvalue weighted by atomic mass is 19.1. The number of morpholine rings is 1. The minimum absolute atomic E-state index is 0.0861. The van der Waals surface area contributed by atoms with Gasteiger partial charge in [0.05, 0.1) is 12.7 Å². The van der Waals surface area contributed by atoms with Crippen LogP contribution in [0.25, 0.3) is 0 Å². The van der Waals surface area contributed by atoms with Crippen LogP contribution in [0.2, 0.25) is 0 Å². The molecular formula is C21H24FN3O2. The Morgan fingerprint density at radius 2 is 2.00 bits per heavy atom. The number of rotatable bonds is 4. The van der Waals surface area contributed by atoms with E-state index in [2.05, 4.69) is 27.7 Å². The van der Waals surface area contributed by atoms with Gasteiger partial charge < -0.3 is 15.4 Å². The highest BCUT2D eigenvalue weighted by Gasteiger charge is 2.38. The van der Waals surface area contributed by atoms with Gasteiger partial charge in [-0.05, 0) is 29.7 Å². The van der Waals surface area contributed by atoms with Gasteiger partial charge in [-0.1, -0.05) is 42.5 Å². The van der Waals surface area contributed by atoms with Gasteiger partial charge in [0.1, 0.15) is 5.82 Å². The molecule has 6 heteroatoms. The summed E-state index contributed by atoms with van der Waals surface area (Å²) in [6.45, 7) is 2.66. The van der Waals surface area contributed by atoms with Crippen LogP contribution in [0.5, 0.6) is 0 Å². The van der Waals surface area contributed by atoms with Gasteiger partial charge >= 0.3 is 6.03 Å².